The van der Waals surface area contributed by atoms with Gasteiger partial charge in [-0.15, -0.1) is 11.3 Å². The molecule has 2 heterocycles. The van der Waals surface area contributed by atoms with Gasteiger partial charge in [0.05, 0.1) is 18.1 Å². The lowest BCUT2D eigenvalue weighted by atomic mass is 10.2. The first-order chi connectivity index (χ1) is 10.8. The van der Waals surface area contributed by atoms with E-state index in [1.54, 1.807) is 11.3 Å². The maximum Gasteiger partial charge on any atom is 0.172 e. The number of carbonyl (C=O) groups is 1. The molecular formula is C17H22N2O2S. The minimum atomic E-state index is 0.225. The highest BCUT2D eigenvalue weighted by molar-refractivity contribution is 7.20. The number of rotatable bonds is 6. The van der Waals surface area contributed by atoms with E-state index in [4.69, 9.17) is 4.74 Å². The van der Waals surface area contributed by atoms with Crippen molar-refractivity contribution in [2.75, 3.05) is 44.7 Å². The van der Waals surface area contributed by atoms with Gasteiger partial charge >= 0.3 is 0 Å². The molecular weight excluding hydrogens is 296 g/mol. The number of nitrogens with zero attached hydrogens (tertiary/aromatic N) is 1. The van der Waals surface area contributed by atoms with Gasteiger partial charge in [0.1, 0.15) is 0 Å². The maximum absolute atomic E-state index is 11.8. The summed E-state index contributed by atoms with van der Waals surface area (Å²) in [6.07, 6.45) is 0.567. The Balaban J connectivity index is 1.60. The summed E-state index contributed by atoms with van der Waals surface area (Å²) in [5.74, 6) is 0.225. The van der Waals surface area contributed by atoms with Gasteiger partial charge in [-0.25, -0.2) is 0 Å². The van der Waals surface area contributed by atoms with Crippen molar-refractivity contribution in [2.45, 2.75) is 13.3 Å². The van der Waals surface area contributed by atoms with Gasteiger partial charge in [0.25, 0.3) is 0 Å². The first kappa shape index (κ1) is 15.5. The van der Waals surface area contributed by atoms with Crippen molar-refractivity contribution in [2.24, 2.45) is 0 Å². The molecule has 0 bridgehead atoms. The number of fused-ring (bicyclic) bond motifs is 1. The molecule has 2 aromatic rings. The molecule has 22 heavy (non-hydrogen) atoms. The Kier molecular flexibility index (Phi) is 5.08. The van der Waals surface area contributed by atoms with Gasteiger partial charge in [0.15, 0.2) is 5.78 Å². The van der Waals surface area contributed by atoms with Gasteiger partial charge in [-0.2, -0.15) is 0 Å². The van der Waals surface area contributed by atoms with Crippen LogP contribution in [0, 0.1) is 0 Å². The second kappa shape index (κ2) is 7.22. The number of ketones is 1. The first-order valence-corrected chi connectivity index (χ1v) is 8.68. The van der Waals surface area contributed by atoms with Crippen molar-refractivity contribution in [3.8, 4) is 0 Å². The molecule has 0 aliphatic carbocycles. The Morgan fingerprint density at radius 3 is 2.91 bits per heavy atom. The highest BCUT2D eigenvalue weighted by atomic mass is 32.1. The highest BCUT2D eigenvalue weighted by Gasteiger charge is 2.10. The van der Waals surface area contributed by atoms with Crippen molar-refractivity contribution < 1.29 is 9.53 Å². The zero-order valence-electron chi connectivity index (χ0n) is 12.9. The Labute approximate surface area is 135 Å². The molecule has 1 aromatic heterocycles. The molecule has 4 nitrogen and oxygen atoms in total. The van der Waals surface area contributed by atoms with Crippen LogP contribution in [0.4, 0.5) is 5.69 Å². The topological polar surface area (TPSA) is 41.6 Å². The summed E-state index contributed by atoms with van der Waals surface area (Å²) in [5, 5.41) is 4.62. The van der Waals surface area contributed by atoms with Gasteiger partial charge in [-0.3, -0.25) is 9.69 Å². The van der Waals surface area contributed by atoms with Crippen LogP contribution >= 0.6 is 11.3 Å². The Morgan fingerprint density at radius 1 is 1.32 bits per heavy atom. The number of ether oxygens (including phenoxy) is 1. The van der Waals surface area contributed by atoms with E-state index in [0.29, 0.717) is 6.42 Å². The zero-order chi connectivity index (χ0) is 15.4. The molecule has 0 saturated carbocycles. The monoisotopic (exact) mass is 318 g/mol. The fourth-order valence-electron chi connectivity index (χ4n) is 2.65. The molecule has 1 saturated heterocycles. The van der Waals surface area contributed by atoms with Gasteiger partial charge in [-0.05, 0) is 29.7 Å². The number of morpholine rings is 1. The van der Waals surface area contributed by atoms with Crippen LogP contribution in [0.5, 0.6) is 0 Å². The van der Waals surface area contributed by atoms with Gasteiger partial charge in [-0.1, -0.05) is 6.92 Å². The van der Waals surface area contributed by atoms with Crippen LogP contribution in [0.1, 0.15) is 23.0 Å². The minimum Gasteiger partial charge on any atom is -0.384 e. The lowest BCUT2D eigenvalue weighted by Crippen LogP contribution is -2.38. The number of Topliss-reactive ketones (excluding diaryl/α,β-unsaturated/α-hetero) is 1. The minimum absolute atomic E-state index is 0.225. The van der Waals surface area contributed by atoms with Crippen molar-refractivity contribution >= 4 is 32.9 Å². The molecule has 0 atom stereocenters. The lowest BCUT2D eigenvalue weighted by Gasteiger charge is -2.26. The van der Waals surface area contributed by atoms with Crippen molar-refractivity contribution in [3.63, 3.8) is 0 Å². The third-order valence-corrected chi connectivity index (χ3v) is 5.13. The van der Waals surface area contributed by atoms with Crippen molar-refractivity contribution in [3.05, 3.63) is 29.1 Å². The molecule has 1 aromatic carbocycles. The van der Waals surface area contributed by atoms with Gasteiger partial charge in [0.2, 0.25) is 0 Å². The predicted octanol–water partition coefficient (Wildman–Crippen LogP) is 3.24. The van der Waals surface area contributed by atoms with Gasteiger partial charge in [0, 0.05) is 43.0 Å². The van der Waals surface area contributed by atoms with E-state index in [9.17, 15) is 4.79 Å². The van der Waals surface area contributed by atoms with E-state index >= 15 is 0 Å². The fourth-order valence-corrected chi connectivity index (χ4v) is 3.70. The van der Waals surface area contributed by atoms with Gasteiger partial charge < -0.3 is 10.1 Å². The summed E-state index contributed by atoms with van der Waals surface area (Å²) in [6, 6.07) is 8.35. The molecule has 5 heteroatoms. The molecule has 118 valence electrons. The number of thiophene rings is 1. The number of hydrogen-bond donors (Lipinski definition) is 1. The number of benzene rings is 1. The van der Waals surface area contributed by atoms with E-state index in [-0.39, 0.29) is 5.78 Å². The number of nitrogens with one attached hydrogen (secondary N) is 1. The highest BCUT2D eigenvalue weighted by Crippen LogP contribution is 2.28. The zero-order valence-corrected chi connectivity index (χ0v) is 13.7. The fraction of sp³-hybridized carbons (Fsp3) is 0.471. The number of hydrogen-bond acceptors (Lipinski definition) is 5. The standard InChI is InChI=1S/C17H22N2O2S/c1-2-15(20)17-12-13-11-14(3-4-16(13)22-17)18-5-6-19-7-9-21-10-8-19/h3-4,11-12,18H,2,5-10H2,1H3. The second-order valence-corrected chi connectivity index (χ2v) is 6.60. The molecule has 0 amide bonds. The van der Waals surface area contributed by atoms with Crippen LogP contribution in [0.3, 0.4) is 0 Å². The largest absolute Gasteiger partial charge is 0.384 e. The number of anilines is 1. The maximum atomic E-state index is 11.8. The Hall–Kier alpha value is -1.43. The van der Waals surface area contributed by atoms with Crippen LogP contribution in [0.25, 0.3) is 10.1 Å². The normalized spacial score (nSPS) is 16.0. The van der Waals surface area contributed by atoms with Crippen LogP contribution in [-0.2, 0) is 4.74 Å². The average molecular weight is 318 g/mol. The molecule has 1 fully saturated rings. The van der Waals surface area contributed by atoms with Crippen LogP contribution < -0.4 is 5.32 Å². The smallest absolute Gasteiger partial charge is 0.172 e. The van der Waals surface area contributed by atoms with E-state index < -0.39 is 0 Å². The molecule has 1 aliphatic rings. The third kappa shape index (κ3) is 3.66. The Bertz CT molecular complexity index is 647. The summed E-state index contributed by atoms with van der Waals surface area (Å²) in [4.78, 5) is 15.1. The average Bonchev–Trinajstić information content (AvgIpc) is 2.98. The predicted molar refractivity (Wildman–Crippen MR) is 92.2 cm³/mol. The Morgan fingerprint density at radius 2 is 2.14 bits per heavy atom. The van der Waals surface area contributed by atoms with E-state index in [2.05, 4.69) is 28.4 Å². The third-order valence-electron chi connectivity index (χ3n) is 3.97. The summed E-state index contributed by atoms with van der Waals surface area (Å²) in [7, 11) is 0. The molecule has 0 unspecified atom stereocenters. The van der Waals surface area contributed by atoms with Crippen LogP contribution in [-0.4, -0.2) is 50.1 Å². The van der Waals surface area contributed by atoms with Crippen molar-refractivity contribution in [1.82, 2.24) is 4.90 Å². The summed E-state index contributed by atoms with van der Waals surface area (Å²) in [6.45, 7) is 7.60. The van der Waals surface area contributed by atoms with E-state index in [1.165, 1.54) is 4.70 Å². The summed E-state index contributed by atoms with van der Waals surface area (Å²) >= 11 is 1.59. The summed E-state index contributed by atoms with van der Waals surface area (Å²) < 4.78 is 6.53. The molecule has 3 rings (SSSR count). The first-order valence-electron chi connectivity index (χ1n) is 7.87. The molecule has 1 N–H and O–H groups in total. The molecule has 1 aliphatic heterocycles. The van der Waals surface area contributed by atoms with Crippen molar-refractivity contribution in [1.29, 1.82) is 0 Å². The lowest BCUT2D eigenvalue weighted by molar-refractivity contribution is 0.0398. The number of carbonyl (C=O) groups excluding carboxylic acids is 1. The quantitative estimate of drug-likeness (QED) is 0.830. The molecule has 0 radical (unpaired) electrons. The van der Waals surface area contributed by atoms with E-state index in [0.717, 1.165) is 55.3 Å². The van der Waals surface area contributed by atoms with Crippen LogP contribution in [0.15, 0.2) is 24.3 Å². The molecule has 0 spiro atoms. The van der Waals surface area contributed by atoms with Crippen LogP contribution in [0.2, 0.25) is 0 Å². The summed E-state index contributed by atoms with van der Waals surface area (Å²) in [5.41, 5.74) is 1.12. The second-order valence-electron chi connectivity index (χ2n) is 5.52. The SMILES string of the molecule is CCC(=O)c1cc2cc(NCCN3CCOCC3)ccc2s1. The van der Waals surface area contributed by atoms with E-state index in [1.807, 2.05) is 13.0 Å².